The Morgan fingerprint density at radius 3 is 1.05 bits per heavy atom. The molecule has 0 bridgehead atoms. The summed E-state index contributed by atoms with van der Waals surface area (Å²) in [5, 5.41) is 7.32. The molecule has 0 saturated heterocycles. The third-order valence-electron chi connectivity index (χ3n) is 4.59. The second kappa shape index (κ2) is 15.3. The van der Waals surface area contributed by atoms with E-state index < -0.39 is 7.81 Å². The fraction of sp³-hybridized carbons (Fsp3) is 0.0690. The van der Waals surface area contributed by atoms with Gasteiger partial charge in [-0.15, -0.1) is 0 Å². The predicted molar refractivity (Wildman–Crippen MR) is 150 cm³/mol. The van der Waals surface area contributed by atoms with Crippen LogP contribution in [0.25, 0.3) is 33.9 Å². The van der Waals surface area contributed by atoms with E-state index in [0.29, 0.717) is 0 Å². The topological polar surface area (TPSA) is 75.3 Å². The van der Waals surface area contributed by atoms with Gasteiger partial charge in [0.15, 0.2) is 0 Å². The van der Waals surface area contributed by atoms with Gasteiger partial charge < -0.3 is 0 Å². The minimum Gasteiger partial charge on any atom is -0.255 e. The van der Waals surface area contributed by atoms with Crippen LogP contribution in [0.3, 0.4) is 0 Å². The molecule has 13 heteroatoms. The quantitative estimate of drug-likeness (QED) is 0.135. The van der Waals surface area contributed by atoms with Gasteiger partial charge in [0.05, 0.1) is 28.8 Å². The van der Waals surface area contributed by atoms with Gasteiger partial charge in [0.1, 0.15) is 0 Å². The fourth-order valence-corrected chi connectivity index (χ4v) is 3.17. The van der Waals surface area contributed by atoms with Crippen LogP contribution in [-0.4, -0.2) is 19.9 Å². The van der Waals surface area contributed by atoms with Crippen LogP contribution in [-0.2, 0) is 19.8 Å². The zero-order chi connectivity index (χ0) is 30.4. The zero-order valence-corrected chi connectivity index (χ0v) is 25.7. The molecule has 0 saturated carbocycles. The number of hydrogen-bond acceptors (Lipinski definition) is 5. The summed E-state index contributed by atoms with van der Waals surface area (Å²) in [6.45, 7) is 3.53. The molecule has 4 aromatic heterocycles. The largest absolute Gasteiger partial charge is 0.255 e. The first-order chi connectivity index (χ1) is 19.2. The molecule has 0 unspecified atom stereocenters. The van der Waals surface area contributed by atoms with Crippen molar-refractivity contribution in [2.45, 2.75) is 13.8 Å². The van der Waals surface area contributed by atoms with Crippen molar-refractivity contribution < 1.29 is 45.0 Å². The molecule has 5 rings (SSSR count). The second-order valence-corrected chi connectivity index (χ2v) is 10.0. The van der Waals surface area contributed by atoms with Crippen molar-refractivity contribution >= 4 is 7.81 Å². The van der Waals surface area contributed by atoms with E-state index in [1.165, 1.54) is 12.5 Å². The van der Waals surface area contributed by atoms with Gasteiger partial charge in [-0.05, 0) is 79.2 Å². The average Bonchev–Trinajstić information content (AvgIpc) is 2.94. The summed E-state index contributed by atoms with van der Waals surface area (Å²) >= 11 is 0. The van der Waals surface area contributed by atoms with Crippen LogP contribution in [0.4, 0.5) is 25.2 Å². The average molecular weight is 779 g/mol. The zero-order valence-electron chi connectivity index (χ0n) is 22.3. The van der Waals surface area contributed by atoms with Crippen LogP contribution in [0.5, 0.6) is 0 Å². The minimum atomic E-state index is -10.7. The van der Waals surface area contributed by atoms with Crippen molar-refractivity contribution in [2.24, 2.45) is 0 Å². The Kier molecular flexibility index (Phi) is 13.1. The normalized spacial score (nSPS) is 11.5. The Balaban J connectivity index is 0.000000330. The molecule has 4 heterocycles. The molecular formula is C29H25F6N5OsP-. The molecule has 0 radical (unpaired) electrons. The molecule has 0 N–H and O–H groups in total. The summed E-state index contributed by atoms with van der Waals surface area (Å²) < 4.78 is 59.2. The Morgan fingerprint density at radius 1 is 0.548 bits per heavy atom. The van der Waals surface area contributed by atoms with Crippen molar-refractivity contribution in [3.8, 4) is 40.0 Å². The number of pyridine rings is 4. The van der Waals surface area contributed by atoms with Crippen molar-refractivity contribution in [1.82, 2.24) is 19.9 Å². The minimum absolute atomic E-state index is 0. The van der Waals surface area contributed by atoms with E-state index in [2.05, 4.69) is 45.1 Å². The maximum Gasteiger partial charge on any atom is 0.0886 e. The molecule has 222 valence electrons. The van der Waals surface area contributed by atoms with E-state index in [-0.39, 0.29) is 19.8 Å². The first kappa shape index (κ1) is 36.0. The smallest absolute Gasteiger partial charge is 0.0886 e. The van der Waals surface area contributed by atoms with Gasteiger partial charge in [-0.2, -0.15) is 5.26 Å². The first-order valence-corrected chi connectivity index (χ1v) is 13.8. The van der Waals surface area contributed by atoms with E-state index in [1.54, 1.807) is 18.5 Å². The molecule has 0 aliphatic heterocycles. The molecule has 42 heavy (non-hydrogen) atoms. The summed E-state index contributed by atoms with van der Waals surface area (Å²) in [6, 6.07) is 31.7. The van der Waals surface area contributed by atoms with Crippen LogP contribution >= 0.6 is 7.81 Å². The van der Waals surface area contributed by atoms with E-state index >= 15 is 0 Å². The molecule has 0 aliphatic carbocycles. The summed E-state index contributed by atoms with van der Waals surface area (Å²) in [6.07, 6.45) is 7.17. The van der Waals surface area contributed by atoms with Crippen LogP contribution in [0, 0.1) is 18.3 Å². The summed E-state index contributed by atoms with van der Waals surface area (Å²) in [5.74, 6) is 0. The number of hydrogen-bond donors (Lipinski definition) is 0. The number of aryl methyl sites for hydroxylation is 1. The van der Waals surface area contributed by atoms with Gasteiger partial charge >= 0.3 is 33.0 Å². The number of nitriles is 1. The van der Waals surface area contributed by atoms with Crippen molar-refractivity contribution in [1.29, 1.82) is 5.26 Å². The number of nitrogens with zero attached hydrogens (tertiary/aromatic N) is 5. The fourth-order valence-electron chi connectivity index (χ4n) is 3.17. The summed E-state index contributed by atoms with van der Waals surface area (Å²) in [7, 11) is -10.7. The molecular weight excluding hydrogens is 754 g/mol. The molecule has 0 fully saturated rings. The van der Waals surface area contributed by atoms with Gasteiger partial charge in [0.25, 0.3) is 0 Å². The molecule has 0 amide bonds. The monoisotopic (exact) mass is 780 g/mol. The van der Waals surface area contributed by atoms with E-state index in [1.807, 2.05) is 85.2 Å². The van der Waals surface area contributed by atoms with Crippen molar-refractivity contribution in [3.63, 3.8) is 0 Å². The Labute approximate surface area is 252 Å². The molecule has 5 aromatic rings. The maximum atomic E-state index is 9.87. The Bertz CT molecular complexity index is 1430. The number of aromatic nitrogens is 4. The Hall–Kier alpha value is -4.04. The van der Waals surface area contributed by atoms with Gasteiger partial charge in [-0.1, -0.05) is 24.3 Å². The molecule has 0 aliphatic rings. The summed E-state index contributed by atoms with van der Waals surface area (Å²) in [4.78, 5) is 17.2. The number of halogens is 6. The van der Waals surface area contributed by atoms with Gasteiger partial charge in [-0.3, -0.25) is 19.9 Å². The van der Waals surface area contributed by atoms with Crippen molar-refractivity contribution in [3.05, 3.63) is 121 Å². The van der Waals surface area contributed by atoms with E-state index in [4.69, 9.17) is 5.26 Å². The SMILES string of the molecule is CC#N.Cc1cc(-c2ccccn2)cc(-c2ccccn2)c1.F[P-](F)(F)(F)(F)F.[Os].c1ccc(-c2ccccn2)nc1. The Morgan fingerprint density at radius 2 is 0.810 bits per heavy atom. The number of rotatable bonds is 3. The van der Waals surface area contributed by atoms with E-state index in [0.717, 1.165) is 33.9 Å². The third-order valence-corrected chi connectivity index (χ3v) is 4.59. The van der Waals surface area contributed by atoms with Gasteiger partial charge in [0.2, 0.25) is 0 Å². The van der Waals surface area contributed by atoms with Crippen LogP contribution < -0.4 is 0 Å². The molecule has 1 aromatic carbocycles. The first-order valence-electron chi connectivity index (χ1n) is 11.8. The van der Waals surface area contributed by atoms with Crippen LogP contribution in [0.2, 0.25) is 0 Å². The van der Waals surface area contributed by atoms with Gasteiger partial charge in [-0.25, -0.2) is 0 Å². The standard InChI is InChI=1S/C17H14N2.C10H8N2.C2H3N.F6P.Os/c1-13-10-14(16-6-2-4-8-18-16)12-15(11-13)17-7-3-5-9-19-17;1-3-7-11-9(5-1)10-6-2-4-8-12-10;1-2-3;1-7(2,3,4,5)6;/h2-12H,1H3;1-8H;1H3;;/q;;;-1;. The van der Waals surface area contributed by atoms with E-state index in [9.17, 15) is 25.2 Å². The third kappa shape index (κ3) is 16.3. The molecule has 5 nitrogen and oxygen atoms in total. The number of benzene rings is 1. The molecule has 0 spiro atoms. The van der Waals surface area contributed by atoms with Crippen LogP contribution in [0.1, 0.15) is 12.5 Å². The second-order valence-electron chi connectivity index (χ2n) is 8.13. The van der Waals surface area contributed by atoms with Crippen LogP contribution in [0.15, 0.2) is 116 Å². The van der Waals surface area contributed by atoms with Gasteiger partial charge in [0, 0.05) is 62.6 Å². The maximum absolute atomic E-state index is 10.7. The molecule has 0 atom stereocenters. The van der Waals surface area contributed by atoms with Crippen molar-refractivity contribution in [2.75, 3.05) is 0 Å². The predicted octanol–water partition coefficient (Wildman–Crippen LogP) is 10.2. The summed E-state index contributed by atoms with van der Waals surface area (Å²) in [5.41, 5.74) is 7.27.